The lowest BCUT2D eigenvalue weighted by molar-refractivity contribution is -0.161. The summed E-state index contributed by atoms with van der Waals surface area (Å²) < 4.78 is 68.9. The fourth-order valence-corrected chi connectivity index (χ4v) is 15.4. The summed E-state index contributed by atoms with van der Waals surface area (Å²) in [5, 5.41) is 10.7. The number of carbonyl (C=O) groups is 4. The van der Waals surface area contributed by atoms with Crippen LogP contribution < -0.4 is 0 Å². The van der Waals surface area contributed by atoms with E-state index >= 15 is 0 Å². The molecule has 0 aliphatic carbocycles. The molecule has 19 heteroatoms. The van der Waals surface area contributed by atoms with Crippen LogP contribution in [0.3, 0.4) is 0 Å². The maximum Gasteiger partial charge on any atom is 0.472 e. The molecule has 0 fully saturated rings. The predicted octanol–water partition coefficient (Wildman–Crippen LogP) is 27.2. The van der Waals surface area contributed by atoms with E-state index < -0.39 is 97.5 Å². The van der Waals surface area contributed by atoms with Crippen molar-refractivity contribution in [1.29, 1.82) is 0 Å². The molecule has 0 amide bonds. The number of hydrogen-bond acceptors (Lipinski definition) is 15. The molecule has 0 radical (unpaired) electrons. The van der Waals surface area contributed by atoms with Crippen LogP contribution >= 0.6 is 15.6 Å². The Hall–Kier alpha value is -1.94. The molecule has 107 heavy (non-hydrogen) atoms. The highest BCUT2D eigenvalue weighted by molar-refractivity contribution is 7.47. The van der Waals surface area contributed by atoms with E-state index in [9.17, 15) is 43.2 Å². The van der Waals surface area contributed by atoms with Crippen molar-refractivity contribution >= 4 is 39.5 Å². The molecule has 0 aromatic carbocycles. The number of unbranched alkanes of at least 4 members (excludes halogenated alkanes) is 60. The normalized spacial score (nSPS) is 13.7. The van der Waals surface area contributed by atoms with Gasteiger partial charge in [-0.05, 0) is 31.6 Å². The first-order valence-electron chi connectivity index (χ1n) is 45.6. The Bertz CT molecular complexity index is 2030. The molecular weight excluding hydrogens is 1390 g/mol. The number of aliphatic hydroxyl groups is 1. The average Bonchev–Trinajstić information content (AvgIpc) is 0.903. The summed E-state index contributed by atoms with van der Waals surface area (Å²) in [6.07, 6.45) is 75.2. The molecule has 0 bridgehead atoms. The fourth-order valence-electron chi connectivity index (χ4n) is 13.8. The van der Waals surface area contributed by atoms with E-state index in [1.54, 1.807) is 0 Å². The van der Waals surface area contributed by atoms with Gasteiger partial charge in [0.15, 0.2) is 12.2 Å². The van der Waals surface area contributed by atoms with Gasteiger partial charge in [-0.2, -0.15) is 0 Å². The minimum absolute atomic E-state index is 0.108. The zero-order chi connectivity index (χ0) is 78.3. The van der Waals surface area contributed by atoms with Gasteiger partial charge in [-0.3, -0.25) is 37.3 Å². The largest absolute Gasteiger partial charge is 0.472 e. The molecule has 0 spiro atoms. The Morgan fingerprint density at radius 2 is 0.430 bits per heavy atom. The van der Waals surface area contributed by atoms with Crippen LogP contribution in [0.15, 0.2) is 0 Å². The van der Waals surface area contributed by atoms with Crippen molar-refractivity contribution in [2.75, 3.05) is 39.6 Å². The molecular formula is C88H172O17P2. The Labute approximate surface area is 658 Å². The second kappa shape index (κ2) is 80.7. The monoisotopic (exact) mass is 1560 g/mol. The SMILES string of the molecule is CCCCCCCCCCCCCCCCCCCCCCCC(=O)OC[C@H](COP(=O)(O)OC[C@@H](O)COP(=O)(O)OC[C@@H](COC(=O)CCCCCCCCCCC)OC(=O)CCCCCCCCCCCCCCCC(C)C)OC(=O)CCCCCCCCCCCCCCCCCCCCCCC. The molecule has 0 saturated heterocycles. The van der Waals surface area contributed by atoms with Crippen molar-refractivity contribution in [3.05, 3.63) is 0 Å². The third kappa shape index (κ3) is 81.9. The van der Waals surface area contributed by atoms with Gasteiger partial charge in [-0.1, -0.05) is 426 Å². The second-order valence-electron chi connectivity index (χ2n) is 32.1. The summed E-state index contributed by atoms with van der Waals surface area (Å²) >= 11 is 0. The molecule has 2 unspecified atom stereocenters. The van der Waals surface area contributed by atoms with Crippen molar-refractivity contribution < 1.29 is 80.2 Å². The van der Waals surface area contributed by atoms with E-state index in [2.05, 4.69) is 34.6 Å². The van der Waals surface area contributed by atoms with Crippen LogP contribution in [0.4, 0.5) is 0 Å². The van der Waals surface area contributed by atoms with E-state index in [1.807, 2.05) is 0 Å². The van der Waals surface area contributed by atoms with E-state index in [-0.39, 0.29) is 25.7 Å². The lowest BCUT2D eigenvalue weighted by Crippen LogP contribution is -2.30. The molecule has 0 aromatic rings. The van der Waals surface area contributed by atoms with Gasteiger partial charge in [-0.15, -0.1) is 0 Å². The molecule has 0 saturated carbocycles. The number of esters is 4. The lowest BCUT2D eigenvalue weighted by atomic mass is 10.0. The first-order valence-corrected chi connectivity index (χ1v) is 48.6. The first-order chi connectivity index (χ1) is 52.0. The number of aliphatic hydroxyl groups excluding tert-OH is 1. The van der Waals surface area contributed by atoms with E-state index in [0.717, 1.165) is 95.8 Å². The minimum Gasteiger partial charge on any atom is -0.462 e. The Balaban J connectivity index is 5.19. The summed E-state index contributed by atoms with van der Waals surface area (Å²) in [6, 6.07) is 0. The maximum atomic E-state index is 13.2. The van der Waals surface area contributed by atoms with Gasteiger partial charge in [0.2, 0.25) is 0 Å². The van der Waals surface area contributed by atoms with Crippen LogP contribution in [0.5, 0.6) is 0 Å². The Morgan fingerprint density at radius 3 is 0.636 bits per heavy atom. The fraction of sp³-hybridized carbons (Fsp3) is 0.955. The van der Waals surface area contributed by atoms with Crippen molar-refractivity contribution in [2.45, 2.75) is 496 Å². The first kappa shape index (κ1) is 105. The molecule has 17 nitrogen and oxygen atoms in total. The maximum absolute atomic E-state index is 13.2. The van der Waals surface area contributed by atoms with Gasteiger partial charge >= 0.3 is 39.5 Å². The van der Waals surface area contributed by atoms with Crippen LogP contribution in [0, 0.1) is 5.92 Å². The zero-order valence-corrected chi connectivity index (χ0v) is 72.1. The minimum atomic E-state index is -4.97. The number of phosphoric acid groups is 2. The zero-order valence-electron chi connectivity index (χ0n) is 70.3. The Morgan fingerprint density at radius 1 is 0.252 bits per heavy atom. The number of rotatable bonds is 88. The summed E-state index contributed by atoms with van der Waals surface area (Å²) in [6.45, 7) is 7.37. The topological polar surface area (TPSA) is 237 Å². The highest BCUT2D eigenvalue weighted by atomic mass is 31.2. The molecule has 0 heterocycles. The molecule has 0 rings (SSSR count). The summed E-state index contributed by atoms with van der Waals surface area (Å²) in [5.41, 5.74) is 0. The highest BCUT2D eigenvalue weighted by Crippen LogP contribution is 2.45. The van der Waals surface area contributed by atoms with Gasteiger partial charge in [0, 0.05) is 25.7 Å². The average molecular weight is 1560 g/mol. The van der Waals surface area contributed by atoms with Crippen LogP contribution in [0.25, 0.3) is 0 Å². The van der Waals surface area contributed by atoms with Gasteiger partial charge < -0.3 is 33.8 Å². The van der Waals surface area contributed by atoms with Crippen molar-refractivity contribution in [3.63, 3.8) is 0 Å². The van der Waals surface area contributed by atoms with Crippen LogP contribution in [0.2, 0.25) is 0 Å². The second-order valence-corrected chi connectivity index (χ2v) is 35.0. The van der Waals surface area contributed by atoms with Crippen molar-refractivity contribution in [1.82, 2.24) is 0 Å². The molecule has 0 aliphatic heterocycles. The van der Waals surface area contributed by atoms with Crippen molar-refractivity contribution in [2.24, 2.45) is 5.92 Å². The number of phosphoric ester groups is 2. The van der Waals surface area contributed by atoms with Crippen LogP contribution in [0.1, 0.15) is 478 Å². The van der Waals surface area contributed by atoms with Crippen LogP contribution in [-0.2, 0) is 65.4 Å². The lowest BCUT2D eigenvalue weighted by Gasteiger charge is -2.21. The number of carbonyl (C=O) groups excluding carboxylic acids is 4. The third-order valence-corrected chi connectivity index (χ3v) is 22.7. The van der Waals surface area contributed by atoms with E-state index in [1.165, 1.54) is 302 Å². The third-order valence-electron chi connectivity index (χ3n) is 20.8. The highest BCUT2D eigenvalue weighted by Gasteiger charge is 2.30. The smallest absolute Gasteiger partial charge is 0.462 e. The Kier molecular flexibility index (Phi) is 79.2. The van der Waals surface area contributed by atoms with Gasteiger partial charge in [-0.25, -0.2) is 9.13 Å². The number of ether oxygens (including phenoxy) is 4. The summed E-state index contributed by atoms with van der Waals surface area (Å²) in [5.74, 6) is -1.31. The van der Waals surface area contributed by atoms with Crippen LogP contribution in [-0.4, -0.2) is 96.7 Å². The van der Waals surface area contributed by atoms with Gasteiger partial charge in [0.05, 0.1) is 26.4 Å². The van der Waals surface area contributed by atoms with Gasteiger partial charge in [0.25, 0.3) is 0 Å². The standard InChI is InChI=1S/C88H172O17P2/c1-6-9-12-15-18-21-23-25-27-29-31-33-35-37-39-43-47-52-57-62-67-72-86(91)99-78-84(105-87(92)73-68-63-58-53-48-44-40-38-36-34-32-30-28-26-24-22-19-16-13-10-7-2)80-103-107(96,97)101-76-82(89)75-100-106(94,95)102-79-83(77-98-85(90)71-66-61-56-50-20-17-14-11-8-3)104-88(93)74-69-64-59-54-49-45-41-42-46-51-55-60-65-70-81(4)5/h81-84,89H,6-80H2,1-5H3,(H,94,95)(H,96,97)/t82-,83+,84+/m0/s1. The number of hydrogen-bond donors (Lipinski definition) is 3. The molecule has 0 aromatic heterocycles. The molecule has 3 N–H and O–H groups in total. The van der Waals surface area contributed by atoms with Gasteiger partial charge in [0.1, 0.15) is 19.3 Å². The molecule has 0 aliphatic rings. The summed E-state index contributed by atoms with van der Waals surface area (Å²) in [7, 11) is -9.93. The van der Waals surface area contributed by atoms with E-state index in [0.29, 0.717) is 25.7 Å². The van der Waals surface area contributed by atoms with E-state index in [4.69, 9.17) is 37.0 Å². The predicted molar refractivity (Wildman–Crippen MR) is 442 cm³/mol. The quantitative estimate of drug-likeness (QED) is 0.0222. The van der Waals surface area contributed by atoms with Crippen molar-refractivity contribution in [3.8, 4) is 0 Å². The molecule has 636 valence electrons. The molecule has 5 atom stereocenters. The summed E-state index contributed by atoms with van der Waals surface area (Å²) in [4.78, 5) is 73.2.